The van der Waals surface area contributed by atoms with Crippen LogP contribution < -0.4 is 10.6 Å². The van der Waals surface area contributed by atoms with Crippen molar-refractivity contribution in [1.29, 1.82) is 0 Å². The summed E-state index contributed by atoms with van der Waals surface area (Å²) in [5.41, 5.74) is 0.310. The summed E-state index contributed by atoms with van der Waals surface area (Å²) in [6.07, 6.45) is -11.7. The van der Waals surface area contributed by atoms with Gasteiger partial charge >= 0.3 is 12.2 Å². The molecular formula is C53H70Cl2N2O16. The predicted molar refractivity (Wildman–Crippen MR) is 262 cm³/mol. The largest absolute Gasteiger partial charge is 0.446 e. The molecule has 1 spiro atoms. The molecule has 20 heteroatoms. The maximum Gasteiger partial charge on any atom is 0.411 e. The Morgan fingerprint density at radius 1 is 0.712 bits per heavy atom. The number of nitrogens with one attached hydrogen (secondary N) is 2. The summed E-state index contributed by atoms with van der Waals surface area (Å²) in [5, 5.41) is 62.3. The summed E-state index contributed by atoms with van der Waals surface area (Å²) in [5.74, 6) is 1.43. The average molecular weight is 1060 g/mol. The first-order valence-corrected chi connectivity index (χ1v) is 26.8. The van der Waals surface area contributed by atoms with Crippen molar-refractivity contribution in [2.75, 3.05) is 30.5 Å². The molecule has 2 aromatic rings. The first-order valence-electron chi connectivity index (χ1n) is 26.0. The summed E-state index contributed by atoms with van der Waals surface area (Å²) in [4.78, 5) is 40.5. The molecule has 402 valence electrons. The molecule has 18 nitrogen and oxygen atoms in total. The van der Waals surface area contributed by atoms with Gasteiger partial charge in [0.15, 0.2) is 18.4 Å². The van der Waals surface area contributed by atoms with E-state index < -0.39 is 98.7 Å². The predicted octanol–water partition coefficient (Wildman–Crippen LogP) is 6.44. The lowest BCUT2D eigenvalue weighted by Gasteiger charge is -2.60. The van der Waals surface area contributed by atoms with Crippen LogP contribution in [0.25, 0.3) is 0 Å². The Morgan fingerprint density at radius 3 is 1.95 bits per heavy atom. The minimum atomic E-state index is -1.91. The summed E-state index contributed by atoms with van der Waals surface area (Å²) in [7, 11) is 0. The lowest BCUT2D eigenvalue weighted by Crippen LogP contribution is -2.65. The van der Waals surface area contributed by atoms with Crippen LogP contribution in [0.4, 0.5) is 21.0 Å². The number of amides is 2. The molecular weight excluding hydrogens is 991 g/mol. The van der Waals surface area contributed by atoms with Gasteiger partial charge in [0, 0.05) is 46.1 Å². The molecule has 4 saturated heterocycles. The SMILES string of the molecule is C[C@@H]1CC[C@@]2(OC1)OC1C[C@H]3[C@@H]4CC[C@H]5C[C@@H](O[C@@H]6O[C@H](COC(=O)Nc7ccc(Cl)cc7)[C@@H](O[C@@H]7O[C@H](COC(=O)Nc8ccc(Cl)cc8)[C@@H](O)[C@H](O)[C@H]7O)[C@H](O)[C@H]6O)CC[C@]5(C)[C@H]4C(=O)C[C@]3(C)C1[C@@H]2C. The first kappa shape index (κ1) is 53.2. The van der Waals surface area contributed by atoms with Crippen LogP contribution in [0.1, 0.15) is 85.5 Å². The minimum absolute atomic E-state index is 0.0757. The number of ether oxygens (including phenoxy) is 8. The van der Waals surface area contributed by atoms with Gasteiger partial charge in [0.25, 0.3) is 0 Å². The van der Waals surface area contributed by atoms with Crippen LogP contribution in [0.15, 0.2) is 48.5 Å². The molecule has 0 radical (unpaired) electrons. The summed E-state index contributed by atoms with van der Waals surface area (Å²) in [6, 6.07) is 12.5. The van der Waals surface area contributed by atoms with Gasteiger partial charge in [0.1, 0.15) is 67.8 Å². The number of benzene rings is 2. The quantitative estimate of drug-likeness (QED) is 0.127. The van der Waals surface area contributed by atoms with Gasteiger partial charge in [-0.2, -0.15) is 0 Å². The topological polar surface area (TPSA) is 250 Å². The molecule has 2 amide bonds. The fraction of sp³-hybridized carbons (Fsp3) is 0.717. The number of anilines is 2. The molecule has 2 aromatic carbocycles. The number of hydrogen-bond acceptors (Lipinski definition) is 16. The van der Waals surface area contributed by atoms with E-state index in [1.807, 2.05) is 0 Å². The summed E-state index contributed by atoms with van der Waals surface area (Å²) >= 11 is 12.0. The number of halogens is 2. The highest BCUT2D eigenvalue weighted by Gasteiger charge is 2.71. The average Bonchev–Trinajstić information content (AvgIpc) is 3.80. The number of ketones is 1. The minimum Gasteiger partial charge on any atom is -0.446 e. The molecule has 8 fully saturated rings. The van der Waals surface area contributed by atoms with Crippen LogP contribution in [-0.2, 0) is 42.7 Å². The fourth-order valence-corrected chi connectivity index (χ4v) is 15.0. The standard InChI is InChI=1S/C53H70Cl2N2O16/c1-25-15-18-53(68-22-25)26(2)39-36(73-53)20-34-33-14-5-27-19-32(16-17-51(27,3)40(33)35(58)21-52(34,39)4)69-47-45(63)43(61)46(38(71-47)24-67-50(65)57-31-12-8-29(55)9-13-31)72-48-44(62)42(60)41(59)37(70-48)23-66-49(64)56-30-10-6-28(54)7-11-30/h6-13,25-27,32-34,36-48,59-63H,5,14-24H2,1-4H3,(H,56,64)(H,57,65)/t25-,26+,27+,32+,33+,34+,36?,37-,38-,39?,40-,41-,42+,43-,44-,45-,46-,47-,48+,51+,52+,53-/m1/s1. The highest BCUT2D eigenvalue weighted by molar-refractivity contribution is 6.31. The third kappa shape index (κ3) is 10.2. The van der Waals surface area contributed by atoms with Gasteiger partial charge in [-0.15, -0.1) is 0 Å². The molecule has 73 heavy (non-hydrogen) atoms. The third-order valence-electron chi connectivity index (χ3n) is 18.4. The van der Waals surface area contributed by atoms with Crippen LogP contribution in [0, 0.1) is 52.3 Å². The molecule has 7 N–H and O–H groups in total. The number of aliphatic hydroxyl groups excluding tert-OH is 5. The Kier molecular flexibility index (Phi) is 15.3. The highest BCUT2D eigenvalue weighted by atomic mass is 35.5. The summed E-state index contributed by atoms with van der Waals surface area (Å²) in [6.45, 7) is 8.66. The third-order valence-corrected chi connectivity index (χ3v) is 18.9. The van der Waals surface area contributed by atoms with Gasteiger partial charge in [-0.1, -0.05) is 50.9 Å². The van der Waals surface area contributed by atoms with Crippen LogP contribution in [0.2, 0.25) is 10.0 Å². The number of hydrogen-bond donors (Lipinski definition) is 7. The van der Waals surface area contributed by atoms with Gasteiger partial charge in [-0.25, -0.2) is 9.59 Å². The van der Waals surface area contributed by atoms with E-state index in [4.69, 9.17) is 61.1 Å². The highest BCUT2D eigenvalue weighted by Crippen LogP contribution is 2.70. The Balaban J connectivity index is 0.803. The van der Waals surface area contributed by atoms with E-state index in [9.17, 15) is 39.9 Å². The Bertz CT molecular complexity index is 2310. The summed E-state index contributed by atoms with van der Waals surface area (Å²) < 4.78 is 49.0. The van der Waals surface area contributed by atoms with Crippen molar-refractivity contribution in [2.45, 2.75) is 165 Å². The van der Waals surface area contributed by atoms with Crippen molar-refractivity contribution in [3.63, 3.8) is 0 Å². The van der Waals surface area contributed by atoms with Crippen molar-refractivity contribution >= 4 is 52.5 Å². The van der Waals surface area contributed by atoms with Gasteiger partial charge in [-0.05, 0) is 134 Å². The van der Waals surface area contributed by atoms with Crippen molar-refractivity contribution < 1.29 is 77.8 Å². The molecule has 4 aliphatic carbocycles. The molecule has 4 aliphatic heterocycles. The van der Waals surface area contributed by atoms with Crippen LogP contribution >= 0.6 is 23.2 Å². The monoisotopic (exact) mass is 1060 g/mol. The van der Waals surface area contributed by atoms with E-state index in [1.54, 1.807) is 48.5 Å². The van der Waals surface area contributed by atoms with Gasteiger partial charge in [-0.3, -0.25) is 15.4 Å². The second kappa shape index (κ2) is 21.0. The molecule has 4 heterocycles. The Labute approximate surface area is 434 Å². The van der Waals surface area contributed by atoms with Crippen molar-refractivity contribution in [3.8, 4) is 0 Å². The van der Waals surface area contributed by atoms with Gasteiger partial charge in [0.2, 0.25) is 0 Å². The van der Waals surface area contributed by atoms with Crippen LogP contribution in [0.5, 0.6) is 0 Å². The molecule has 2 unspecified atom stereocenters. The molecule has 0 aromatic heterocycles. The van der Waals surface area contributed by atoms with E-state index in [-0.39, 0.29) is 46.5 Å². The number of rotatable bonds is 10. The Hall–Kier alpha value is -3.21. The number of carbonyl (C=O) groups is 3. The van der Waals surface area contributed by atoms with Crippen LogP contribution in [0.3, 0.4) is 0 Å². The van der Waals surface area contributed by atoms with Gasteiger partial charge < -0.3 is 63.4 Å². The number of aliphatic hydroxyl groups is 5. The van der Waals surface area contributed by atoms with E-state index >= 15 is 0 Å². The molecule has 8 aliphatic rings. The second-order valence-electron chi connectivity index (χ2n) is 22.8. The van der Waals surface area contributed by atoms with Crippen molar-refractivity contribution in [3.05, 3.63) is 58.6 Å². The van der Waals surface area contributed by atoms with Crippen molar-refractivity contribution in [1.82, 2.24) is 0 Å². The van der Waals surface area contributed by atoms with E-state index in [2.05, 4.69) is 38.3 Å². The zero-order valence-corrected chi connectivity index (χ0v) is 43.1. The normalized spacial score (nSPS) is 45.1. The maximum atomic E-state index is 14.7. The number of carbonyl (C=O) groups excluding carboxylic acids is 3. The maximum absolute atomic E-state index is 14.7. The lowest BCUT2D eigenvalue weighted by molar-refractivity contribution is -0.363. The Morgan fingerprint density at radius 2 is 1.32 bits per heavy atom. The molecule has 10 rings (SSSR count). The lowest BCUT2D eigenvalue weighted by atomic mass is 9.44. The van der Waals surface area contributed by atoms with Gasteiger partial charge in [0.05, 0.1) is 18.8 Å². The molecule has 22 atom stereocenters. The van der Waals surface area contributed by atoms with Crippen molar-refractivity contribution in [2.24, 2.45) is 52.3 Å². The smallest absolute Gasteiger partial charge is 0.411 e. The molecule has 0 bridgehead atoms. The molecule has 4 saturated carbocycles. The number of Topliss-reactive ketones (excluding diaryl/α,β-unsaturated/α-hetero) is 1. The number of fused-ring (bicyclic) bond motifs is 7. The fourth-order valence-electron chi connectivity index (χ4n) is 14.7. The van der Waals surface area contributed by atoms with E-state index in [1.165, 1.54) is 0 Å². The first-order chi connectivity index (χ1) is 34.8. The van der Waals surface area contributed by atoms with E-state index in [0.29, 0.717) is 71.3 Å². The second-order valence-corrected chi connectivity index (χ2v) is 23.7. The van der Waals surface area contributed by atoms with Crippen LogP contribution in [-0.4, -0.2) is 143 Å². The zero-order valence-electron chi connectivity index (χ0n) is 41.6. The van der Waals surface area contributed by atoms with E-state index in [0.717, 1.165) is 32.1 Å². The zero-order chi connectivity index (χ0) is 51.7.